The minimum absolute atomic E-state index is 0.263. The molecule has 0 saturated carbocycles. The van der Waals surface area contributed by atoms with Crippen molar-refractivity contribution < 1.29 is 0 Å². The van der Waals surface area contributed by atoms with Gasteiger partial charge < -0.3 is 5.32 Å². The maximum atomic E-state index is 3.62. The largest absolute Gasteiger partial charge is 0.312 e. The van der Waals surface area contributed by atoms with E-state index in [4.69, 9.17) is 0 Å². The molecule has 0 aliphatic rings. The van der Waals surface area contributed by atoms with Gasteiger partial charge in [0.2, 0.25) is 0 Å². The molecule has 0 aliphatic heterocycles. The van der Waals surface area contributed by atoms with Crippen LogP contribution in [-0.2, 0) is 0 Å². The fourth-order valence-corrected chi connectivity index (χ4v) is 2.04. The van der Waals surface area contributed by atoms with Gasteiger partial charge >= 0.3 is 0 Å². The van der Waals surface area contributed by atoms with Gasteiger partial charge in [-0.15, -0.1) is 0 Å². The molecule has 0 bridgehead atoms. The minimum atomic E-state index is 0.263. The summed E-state index contributed by atoms with van der Waals surface area (Å²) in [5.74, 6) is 1.75. The van der Waals surface area contributed by atoms with Crippen LogP contribution in [0.1, 0.15) is 60.8 Å². The van der Waals surface area contributed by atoms with Crippen LogP contribution in [0.3, 0.4) is 0 Å². The highest BCUT2D eigenvalue weighted by atomic mass is 14.9. The fraction of sp³-hybridized carbons (Fsp3) is 1.00. The van der Waals surface area contributed by atoms with E-state index >= 15 is 0 Å². The molecule has 1 heteroatoms. The van der Waals surface area contributed by atoms with Crippen LogP contribution in [0.4, 0.5) is 0 Å². The zero-order valence-electron chi connectivity index (χ0n) is 11.0. The third kappa shape index (κ3) is 5.64. The van der Waals surface area contributed by atoms with Gasteiger partial charge in [0, 0.05) is 5.54 Å². The Hall–Kier alpha value is -0.0400. The highest BCUT2D eigenvalue weighted by Gasteiger charge is 2.18. The van der Waals surface area contributed by atoms with Crippen LogP contribution in [-0.4, -0.2) is 12.1 Å². The zero-order chi connectivity index (χ0) is 11.2. The Labute approximate surface area is 90.7 Å². The number of hydrogen-bond donors (Lipinski definition) is 1. The van der Waals surface area contributed by atoms with Crippen molar-refractivity contribution in [1.29, 1.82) is 0 Å². The van der Waals surface area contributed by atoms with E-state index in [0.717, 1.165) is 11.8 Å². The van der Waals surface area contributed by atoms with Crippen molar-refractivity contribution in [3.05, 3.63) is 0 Å². The molecule has 0 radical (unpaired) electrons. The predicted molar refractivity (Wildman–Crippen MR) is 65.6 cm³/mol. The average molecular weight is 199 g/mol. The summed E-state index contributed by atoms with van der Waals surface area (Å²) < 4.78 is 0. The molecule has 1 N–H and O–H groups in total. The van der Waals surface area contributed by atoms with Gasteiger partial charge in [-0.05, 0) is 39.2 Å². The second kappa shape index (κ2) is 6.44. The molecule has 0 aromatic rings. The number of nitrogens with one attached hydrogen (secondary N) is 1. The third-order valence-electron chi connectivity index (χ3n) is 3.13. The molecule has 0 saturated heterocycles. The van der Waals surface area contributed by atoms with E-state index in [9.17, 15) is 0 Å². The zero-order valence-corrected chi connectivity index (χ0v) is 11.0. The normalized spacial score (nSPS) is 14.8. The molecule has 1 nitrogen and oxygen atoms in total. The van der Waals surface area contributed by atoms with Crippen LogP contribution in [0.2, 0.25) is 0 Å². The molecule has 0 aromatic heterocycles. The van der Waals surface area contributed by atoms with E-state index in [1.165, 1.54) is 25.8 Å². The first-order chi connectivity index (χ1) is 6.44. The SMILES string of the molecule is CCC(CC)C(CC)CNC(C)(C)C. The van der Waals surface area contributed by atoms with Gasteiger partial charge in [-0.25, -0.2) is 0 Å². The Balaban J connectivity index is 4.01. The van der Waals surface area contributed by atoms with Gasteiger partial charge in [0.25, 0.3) is 0 Å². The summed E-state index contributed by atoms with van der Waals surface area (Å²) in [4.78, 5) is 0. The van der Waals surface area contributed by atoms with Gasteiger partial charge in [0.05, 0.1) is 0 Å². The molecular formula is C13H29N. The summed E-state index contributed by atoms with van der Waals surface area (Å²) >= 11 is 0. The molecular weight excluding hydrogens is 170 g/mol. The molecule has 0 spiro atoms. The smallest absolute Gasteiger partial charge is 0.00966 e. The maximum Gasteiger partial charge on any atom is 0.00966 e. The lowest BCUT2D eigenvalue weighted by molar-refractivity contribution is 0.265. The summed E-state index contributed by atoms with van der Waals surface area (Å²) in [7, 11) is 0. The molecule has 86 valence electrons. The van der Waals surface area contributed by atoms with Gasteiger partial charge in [-0.3, -0.25) is 0 Å². The first kappa shape index (κ1) is 14.0. The van der Waals surface area contributed by atoms with Crippen LogP contribution in [0.15, 0.2) is 0 Å². The van der Waals surface area contributed by atoms with Crippen LogP contribution >= 0.6 is 0 Å². The lowest BCUT2D eigenvalue weighted by Gasteiger charge is -2.29. The lowest BCUT2D eigenvalue weighted by atomic mass is 9.85. The van der Waals surface area contributed by atoms with E-state index in [1.807, 2.05) is 0 Å². The van der Waals surface area contributed by atoms with Crippen LogP contribution in [0, 0.1) is 11.8 Å². The Morgan fingerprint density at radius 2 is 1.29 bits per heavy atom. The topological polar surface area (TPSA) is 12.0 Å². The van der Waals surface area contributed by atoms with Crippen molar-refractivity contribution in [2.45, 2.75) is 66.3 Å². The van der Waals surface area contributed by atoms with Gasteiger partial charge in [-0.1, -0.05) is 40.0 Å². The van der Waals surface area contributed by atoms with E-state index in [0.29, 0.717) is 0 Å². The first-order valence-corrected chi connectivity index (χ1v) is 6.19. The fourth-order valence-electron chi connectivity index (χ4n) is 2.04. The Morgan fingerprint density at radius 1 is 0.857 bits per heavy atom. The van der Waals surface area contributed by atoms with Crippen molar-refractivity contribution in [3.63, 3.8) is 0 Å². The summed E-state index contributed by atoms with van der Waals surface area (Å²) in [5.41, 5.74) is 0.263. The molecule has 14 heavy (non-hydrogen) atoms. The standard InChI is InChI=1S/C13H29N/c1-7-11(8-2)12(9-3)10-14-13(4,5)6/h11-12,14H,7-10H2,1-6H3. The van der Waals surface area contributed by atoms with E-state index in [-0.39, 0.29) is 5.54 Å². The molecule has 1 unspecified atom stereocenters. The highest BCUT2D eigenvalue weighted by molar-refractivity contribution is 4.75. The van der Waals surface area contributed by atoms with Crippen molar-refractivity contribution in [3.8, 4) is 0 Å². The second-order valence-corrected chi connectivity index (χ2v) is 5.38. The highest BCUT2D eigenvalue weighted by Crippen LogP contribution is 2.22. The maximum absolute atomic E-state index is 3.62. The van der Waals surface area contributed by atoms with Gasteiger partial charge in [0.1, 0.15) is 0 Å². The summed E-state index contributed by atoms with van der Waals surface area (Å²) in [6.45, 7) is 14.8. The molecule has 0 fully saturated rings. The quantitative estimate of drug-likeness (QED) is 0.685. The first-order valence-electron chi connectivity index (χ1n) is 6.19. The summed E-state index contributed by atoms with van der Waals surface area (Å²) in [6.07, 6.45) is 3.94. The number of hydrogen-bond acceptors (Lipinski definition) is 1. The van der Waals surface area contributed by atoms with Gasteiger partial charge in [-0.2, -0.15) is 0 Å². The van der Waals surface area contributed by atoms with Crippen LogP contribution < -0.4 is 5.32 Å². The molecule has 0 heterocycles. The summed E-state index contributed by atoms with van der Waals surface area (Å²) in [6, 6.07) is 0. The van der Waals surface area contributed by atoms with Crippen molar-refractivity contribution in [2.75, 3.05) is 6.54 Å². The van der Waals surface area contributed by atoms with Crippen molar-refractivity contribution in [1.82, 2.24) is 5.32 Å². The second-order valence-electron chi connectivity index (χ2n) is 5.38. The van der Waals surface area contributed by atoms with E-state index in [2.05, 4.69) is 46.9 Å². The molecule has 0 aromatic carbocycles. The lowest BCUT2D eigenvalue weighted by Crippen LogP contribution is -2.40. The monoisotopic (exact) mass is 199 g/mol. The molecule has 0 rings (SSSR count). The van der Waals surface area contributed by atoms with Crippen molar-refractivity contribution >= 4 is 0 Å². The predicted octanol–water partition coefficient (Wildman–Crippen LogP) is 3.84. The van der Waals surface area contributed by atoms with Crippen molar-refractivity contribution in [2.24, 2.45) is 11.8 Å². The minimum Gasteiger partial charge on any atom is -0.312 e. The number of rotatable bonds is 6. The molecule has 0 amide bonds. The summed E-state index contributed by atoms with van der Waals surface area (Å²) in [5, 5.41) is 3.62. The molecule has 1 atom stereocenters. The van der Waals surface area contributed by atoms with Gasteiger partial charge in [0.15, 0.2) is 0 Å². The Morgan fingerprint density at radius 3 is 1.57 bits per heavy atom. The Bertz CT molecular complexity index is 131. The molecule has 0 aliphatic carbocycles. The van der Waals surface area contributed by atoms with Crippen LogP contribution in [0.25, 0.3) is 0 Å². The third-order valence-corrected chi connectivity index (χ3v) is 3.13. The Kier molecular flexibility index (Phi) is 6.43. The van der Waals surface area contributed by atoms with E-state index < -0.39 is 0 Å². The van der Waals surface area contributed by atoms with E-state index in [1.54, 1.807) is 0 Å². The average Bonchev–Trinajstić information content (AvgIpc) is 2.10. The van der Waals surface area contributed by atoms with Crippen LogP contribution in [0.5, 0.6) is 0 Å².